The zero-order valence-corrected chi connectivity index (χ0v) is 21.9. The predicted molar refractivity (Wildman–Crippen MR) is 137 cm³/mol. The van der Waals surface area contributed by atoms with E-state index in [0.717, 1.165) is 73.1 Å². The first-order valence-corrected chi connectivity index (χ1v) is 14.2. The quantitative estimate of drug-likeness (QED) is 0.456. The van der Waals surface area contributed by atoms with Gasteiger partial charge in [-0.1, -0.05) is 22.9 Å². The van der Waals surface area contributed by atoms with E-state index < -0.39 is 5.41 Å². The van der Waals surface area contributed by atoms with Crippen LogP contribution in [-0.2, 0) is 10.2 Å². The summed E-state index contributed by atoms with van der Waals surface area (Å²) in [6.45, 7) is 5.98. The number of halogens is 1. The maximum absolute atomic E-state index is 9.60. The Morgan fingerprint density at radius 1 is 1.17 bits per heavy atom. The van der Waals surface area contributed by atoms with Gasteiger partial charge < -0.3 is 9.64 Å². The van der Waals surface area contributed by atoms with Gasteiger partial charge in [0.2, 0.25) is 0 Å². The molecule has 4 aliphatic rings. The number of pyridine rings is 1. The SMILES string of the molecule is CC1(NSc2cc(N3CCC4(CC3)COC4)c3c(Cl)nc(-c4nnc(C5(C#N)CC5)s4)n3c2)CC1. The number of hydrogen-bond donors (Lipinski definition) is 1. The number of nitrogens with zero attached hydrogens (tertiary/aromatic N) is 6. The molecule has 1 spiro atoms. The monoisotopic (exact) mass is 527 g/mol. The van der Waals surface area contributed by atoms with Crippen LogP contribution >= 0.6 is 34.9 Å². The number of nitriles is 1. The highest BCUT2D eigenvalue weighted by atomic mass is 35.5. The molecule has 0 atom stereocenters. The Morgan fingerprint density at radius 2 is 1.94 bits per heavy atom. The summed E-state index contributed by atoms with van der Waals surface area (Å²) >= 11 is 9.93. The van der Waals surface area contributed by atoms with E-state index in [1.54, 1.807) is 11.9 Å². The second-order valence-electron chi connectivity index (χ2n) is 10.9. The molecule has 2 aliphatic carbocycles. The lowest BCUT2D eigenvalue weighted by Gasteiger charge is -2.48. The van der Waals surface area contributed by atoms with E-state index in [2.05, 4.69) is 49.5 Å². The van der Waals surface area contributed by atoms with Crippen LogP contribution in [0.1, 0.15) is 50.5 Å². The number of ether oxygens (including phenoxy) is 1. The molecule has 35 heavy (non-hydrogen) atoms. The third kappa shape index (κ3) is 3.75. The van der Waals surface area contributed by atoms with Crippen molar-refractivity contribution in [3.8, 4) is 16.9 Å². The summed E-state index contributed by atoms with van der Waals surface area (Å²) in [7, 11) is 0. The molecular weight excluding hydrogens is 502 g/mol. The van der Waals surface area contributed by atoms with Gasteiger partial charge in [0.25, 0.3) is 0 Å². The van der Waals surface area contributed by atoms with E-state index in [4.69, 9.17) is 21.3 Å². The fraction of sp³-hybridized carbons (Fsp3) is 0.583. The molecule has 11 heteroatoms. The molecule has 2 saturated carbocycles. The number of hydrogen-bond acceptors (Lipinski definition) is 9. The molecule has 8 nitrogen and oxygen atoms in total. The molecule has 3 aromatic rings. The molecule has 0 radical (unpaired) electrons. The number of rotatable bonds is 6. The van der Waals surface area contributed by atoms with Crippen molar-refractivity contribution in [1.29, 1.82) is 5.26 Å². The summed E-state index contributed by atoms with van der Waals surface area (Å²) in [4.78, 5) is 8.31. The number of nitrogens with one attached hydrogen (secondary N) is 1. The Labute approximate surface area is 217 Å². The van der Waals surface area contributed by atoms with Gasteiger partial charge >= 0.3 is 0 Å². The van der Waals surface area contributed by atoms with Crippen LogP contribution in [0.5, 0.6) is 0 Å². The first-order chi connectivity index (χ1) is 16.9. The molecular formula is C24H26ClN7OS2. The highest BCUT2D eigenvalue weighted by Crippen LogP contribution is 2.50. The summed E-state index contributed by atoms with van der Waals surface area (Å²) in [5.74, 6) is 0.685. The minimum Gasteiger partial charge on any atom is -0.380 e. The van der Waals surface area contributed by atoms with E-state index in [-0.39, 0.29) is 5.54 Å². The van der Waals surface area contributed by atoms with Crippen LogP contribution in [0.3, 0.4) is 0 Å². The van der Waals surface area contributed by atoms with E-state index in [9.17, 15) is 5.26 Å². The molecule has 5 heterocycles. The van der Waals surface area contributed by atoms with Crippen molar-refractivity contribution in [2.45, 2.75) is 61.3 Å². The minimum atomic E-state index is -0.461. The second-order valence-corrected chi connectivity index (χ2v) is 13.1. The predicted octanol–water partition coefficient (Wildman–Crippen LogP) is 4.83. The summed E-state index contributed by atoms with van der Waals surface area (Å²) < 4.78 is 11.2. The lowest BCUT2D eigenvalue weighted by molar-refractivity contribution is -0.124. The van der Waals surface area contributed by atoms with E-state index in [1.807, 2.05) is 0 Å². The smallest absolute Gasteiger partial charge is 0.184 e. The summed E-state index contributed by atoms with van der Waals surface area (Å²) in [6.07, 6.45) is 8.43. The molecule has 0 amide bonds. The average molecular weight is 528 g/mol. The van der Waals surface area contributed by atoms with Gasteiger partial charge in [0.15, 0.2) is 16.0 Å². The Bertz CT molecular complexity index is 1360. The van der Waals surface area contributed by atoms with Gasteiger partial charge in [-0.15, -0.1) is 10.2 Å². The van der Waals surface area contributed by atoms with E-state index >= 15 is 0 Å². The number of fused-ring (bicyclic) bond motifs is 1. The molecule has 7 rings (SSSR count). The minimum absolute atomic E-state index is 0.209. The van der Waals surface area contributed by atoms with E-state index in [0.29, 0.717) is 21.4 Å². The zero-order chi connectivity index (χ0) is 23.8. The average Bonchev–Trinajstić information content (AvgIpc) is 3.72. The molecule has 3 aromatic heterocycles. The molecule has 182 valence electrons. The summed E-state index contributed by atoms with van der Waals surface area (Å²) in [6, 6.07) is 4.66. The van der Waals surface area contributed by atoms with Crippen LogP contribution in [-0.4, -0.2) is 51.4 Å². The Kier molecular flexibility index (Phi) is 4.97. The van der Waals surface area contributed by atoms with Crippen LogP contribution in [0.2, 0.25) is 5.15 Å². The van der Waals surface area contributed by atoms with Crippen LogP contribution in [0, 0.1) is 16.7 Å². The van der Waals surface area contributed by atoms with Gasteiger partial charge in [0.1, 0.15) is 15.9 Å². The summed E-state index contributed by atoms with van der Waals surface area (Å²) in [5, 5.41) is 20.3. The van der Waals surface area contributed by atoms with Crippen LogP contribution in [0.15, 0.2) is 17.2 Å². The lowest BCUT2D eigenvalue weighted by atomic mass is 9.77. The molecule has 2 aliphatic heterocycles. The number of aromatic nitrogens is 4. The molecule has 0 bridgehead atoms. The maximum Gasteiger partial charge on any atom is 0.184 e. The largest absolute Gasteiger partial charge is 0.380 e. The number of anilines is 1. The standard InChI is InChI=1S/C24H26ClN7OS2/c1-22(2-3-22)30-35-15-10-16(31-8-6-23(7-9-31)13-33-14-23)17-18(25)27-19(32(17)11-15)20-28-29-21(34-20)24(12-26)4-5-24/h10-11,30H,2-9,13-14H2,1H3. The third-order valence-electron chi connectivity index (χ3n) is 8.03. The molecule has 0 aromatic carbocycles. The fourth-order valence-corrected chi connectivity index (χ4v) is 7.15. The van der Waals surface area contributed by atoms with Crippen LogP contribution in [0.4, 0.5) is 5.69 Å². The van der Waals surface area contributed by atoms with Crippen LogP contribution < -0.4 is 9.62 Å². The molecule has 1 N–H and O–H groups in total. The first-order valence-electron chi connectivity index (χ1n) is 12.2. The zero-order valence-electron chi connectivity index (χ0n) is 19.5. The highest BCUT2D eigenvalue weighted by molar-refractivity contribution is 7.97. The molecule has 0 unspecified atom stereocenters. The van der Waals surface area contributed by atoms with Crippen molar-refractivity contribution < 1.29 is 4.74 Å². The fourth-order valence-electron chi connectivity index (χ4n) is 4.95. The van der Waals surface area contributed by atoms with Gasteiger partial charge in [-0.05, 0) is 63.5 Å². The van der Waals surface area contributed by atoms with Crippen molar-refractivity contribution in [3.63, 3.8) is 0 Å². The number of imidazole rings is 1. The highest BCUT2D eigenvalue weighted by Gasteiger charge is 2.48. The Hall–Kier alpha value is -1.90. The first kappa shape index (κ1) is 22.3. The normalized spacial score (nSPS) is 23.3. The van der Waals surface area contributed by atoms with Crippen molar-refractivity contribution in [3.05, 3.63) is 22.4 Å². The van der Waals surface area contributed by atoms with Crippen molar-refractivity contribution in [2.24, 2.45) is 5.41 Å². The third-order valence-corrected chi connectivity index (χ3v) is 10.5. The van der Waals surface area contributed by atoms with Gasteiger partial charge in [0, 0.05) is 35.1 Å². The second kappa shape index (κ2) is 7.80. The van der Waals surface area contributed by atoms with Crippen molar-refractivity contribution in [2.75, 3.05) is 31.2 Å². The maximum atomic E-state index is 9.60. The topological polar surface area (TPSA) is 91.4 Å². The Balaban J connectivity index is 1.29. The van der Waals surface area contributed by atoms with Gasteiger partial charge in [0.05, 0.1) is 25.0 Å². The van der Waals surface area contributed by atoms with Crippen LogP contribution in [0.25, 0.3) is 16.3 Å². The van der Waals surface area contributed by atoms with Gasteiger partial charge in [-0.25, -0.2) is 4.98 Å². The molecule has 4 fully saturated rings. The van der Waals surface area contributed by atoms with Crippen molar-refractivity contribution >= 4 is 46.1 Å². The van der Waals surface area contributed by atoms with Gasteiger partial charge in [-0.2, -0.15) is 5.26 Å². The molecule has 2 saturated heterocycles. The van der Waals surface area contributed by atoms with E-state index in [1.165, 1.54) is 24.2 Å². The lowest BCUT2D eigenvalue weighted by Crippen LogP contribution is -2.51. The number of piperidine rings is 1. The Morgan fingerprint density at radius 3 is 2.57 bits per heavy atom. The van der Waals surface area contributed by atoms with Crippen molar-refractivity contribution in [1.82, 2.24) is 24.3 Å². The van der Waals surface area contributed by atoms with Gasteiger partial charge in [-0.3, -0.25) is 9.12 Å². The summed E-state index contributed by atoms with van der Waals surface area (Å²) in [5.41, 5.74) is 2.12.